The quantitative estimate of drug-likeness (QED) is 0.843. The van der Waals surface area contributed by atoms with Crippen molar-refractivity contribution in [3.8, 4) is 0 Å². The van der Waals surface area contributed by atoms with Crippen molar-refractivity contribution in [2.45, 2.75) is 13.3 Å². The van der Waals surface area contributed by atoms with Crippen LogP contribution in [0.15, 0.2) is 22.7 Å². The zero-order chi connectivity index (χ0) is 13.7. The summed E-state index contributed by atoms with van der Waals surface area (Å²) in [6, 6.07) is 4.03. The van der Waals surface area contributed by atoms with Gasteiger partial charge in [-0.05, 0) is 41.1 Å². The largest absolute Gasteiger partial charge is 0.393 e. The fourth-order valence-corrected chi connectivity index (χ4v) is 1.99. The second-order valence-corrected chi connectivity index (χ2v) is 5.10. The van der Waals surface area contributed by atoms with Crippen LogP contribution in [0, 0.1) is 5.82 Å². The summed E-state index contributed by atoms with van der Waals surface area (Å²) in [5.41, 5.74) is 5.72. The Bertz CT molecular complexity index is 467. The first-order valence-corrected chi connectivity index (χ1v) is 6.68. The summed E-state index contributed by atoms with van der Waals surface area (Å²) in [5.74, 6) is -0.674. The molecule has 0 unspecified atom stereocenters. The van der Waals surface area contributed by atoms with Crippen molar-refractivity contribution in [1.29, 1.82) is 0 Å². The van der Waals surface area contributed by atoms with Gasteiger partial charge in [-0.1, -0.05) is 12.2 Å². The van der Waals surface area contributed by atoms with E-state index in [1.54, 1.807) is 4.90 Å². The Morgan fingerprint density at radius 2 is 2.22 bits per heavy atom. The van der Waals surface area contributed by atoms with Crippen molar-refractivity contribution in [1.82, 2.24) is 4.90 Å². The first-order chi connectivity index (χ1) is 8.45. The van der Waals surface area contributed by atoms with Gasteiger partial charge in [-0.25, -0.2) is 4.39 Å². The fraction of sp³-hybridized carbons (Fsp3) is 0.333. The highest BCUT2D eigenvalue weighted by Crippen LogP contribution is 2.19. The van der Waals surface area contributed by atoms with E-state index in [0.29, 0.717) is 34.5 Å². The summed E-state index contributed by atoms with van der Waals surface area (Å²) < 4.78 is 13.7. The highest BCUT2D eigenvalue weighted by atomic mass is 79.9. The Labute approximate surface area is 119 Å². The Balaban J connectivity index is 2.89. The van der Waals surface area contributed by atoms with Crippen molar-refractivity contribution in [2.24, 2.45) is 5.73 Å². The van der Waals surface area contributed by atoms with Gasteiger partial charge in [0.05, 0.1) is 10.6 Å². The number of nitrogens with zero attached hydrogens (tertiary/aromatic N) is 1. The number of amides is 1. The van der Waals surface area contributed by atoms with Crippen LogP contribution in [-0.4, -0.2) is 28.9 Å². The Morgan fingerprint density at radius 1 is 1.56 bits per heavy atom. The van der Waals surface area contributed by atoms with Crippen molar-refractivity contribution in [3.05, 3.63) is 34.1 Å². The Morgan fingerprint density at radius 3 is 2.78 bits per heavy atom. The number of benzene rings is 1. The molecule has 0 aliphatic rings. The van der Waals surface area contributed by atoms with E-state index in [2.05, 4.69) is 15.9 Å². The molecule has 3 nitrogen and oxygen atoms in total. The lowest BCUT2D eigenvalue weighted by molar-refractivity contribution is 0.0767. The molecule has 2 N–H and O–H groups in total. The summed E-state index contributed by atoms with van der Waals surface area (Å²) in [5, 5.41) is 0. The van der Waals surface area contributed by atoms with Gasteiger partial charge in [0, 0.05) is 24.0 Å². The minimum absolute atomic E-state index is 0.236. The summed E-state index contributed by atoms with van der Waals surface area (Å²) >= 11 is 8.03. The third-order valence-corrected chi connectivity index (χ3v) is 3.35. The van der Waals surface area contributed by atoms with Crippen LogP contribution in [0.3, 0.4) is 0 Å². The van der Waals surface area contributed by atoms with Crippen LogP contribution in [0.25, 0.3) is 0 Å². The number of hydrogen-bond donors (Lipinski definition) is 1. The van der Waals surface area contributed by atoms with E-state index < -0.39 is 5.82 Å². The first-order valence-electron chi connectivity index (χ1n) is 5.48. The fourth-order valence-electron chi connectivity index (χ4n) is 1.48. The molecule has 1 amide bonds. The van der Waals surface area contributed by atoms with Crippen LogP contribution in [0.1, 0.15) is 23.7 Å². The SMILES string of the molecule is CCN(CCC(N)=S)C(=O)c1cc(F)ccc1Br. The molecule has 0 aliphatic carbocycles. The van der Waals surface area contributed by atoms with Crippen LogP contribution in [0.5, 0.6) is 0 Å². The number of thiocarbonyl (C=S) groups is 1. The van der Waals surface area contributed by atoms with Gasteiger partial charge in [0.2, 0.25) is 0 Å². The van der Waals surface area contributed by atoms with Crippen molar-refractivity contribution >= 4 is 39.0 Å². The average molecular weight is 333 g/mol. The van der Waals surface area contributed by atoms with Gasteiger partial charge in [0.1, 0.15) is 5.82 Å². The predicted molar refractivity (Wildman–Crippen MR) is 77.1 cm³/mol. The van der Waals surface area contributed by atoms with E-state index in [1.165, 1.54) is 18.2 Å². The first kappa shape index (κ1) is 15.0. The Kier molecular flexibility index (Phi) is 5.68. The zero-order valence-corrected chi connectivity index (χ0v) is 12.4. The van der Waals surface area contributed by atoms with Gasteiger partial charge in [-0.15, -0.1) is 0 Å². The topological polar surface area (TPSA) is 46.3 Å². The third-order valence-electron chi connectivity index (χ3n) is 2.46. The minimum atomic E-state index is -0.438. The number of carbonyl (C=O) groups is 1. The smallest absolute Gasteiger partial charge is 0.255 e. The minimum Gasteiger partial charge on any atom is -0.393 e. The maximum absolute atomic E-state index is 13.2. The van der Waals surface area contributed by atoms with Gasteiger partial charge in [-0.3, -0.25) is 4.79 Å². The normalized spacial score (nSPS) is 10.2. The van der Waals surface area contributed by atoms with Crippen LogP contribution in [0.4, 0.5) is 4.39 Å². The lowest BCUT2D eigenvalue weighted by Gasteiger charge is -2.21. The van der Waals surface area contributed by atoms with Crippen molar-refractivity contribution in [2.75, 3.05) is 13.1 Å². The molecule has 0 fully saturated rings. The van der Waals surface area contributed by atoms with Gasteiger partial charge in [0.25, 0.3) is 5.91 Å². The van der Waals surface area contributed by atoms with E-state index >= 15 is 0 Å². The van der Waals surface area contributed by atoms with Gasteiger partial charge in [0.15, 0.2) is 0 Å². The number of rotatable bonds is 5. The molecule has 0 aromatic heterocycles. The van der Waals surface area contributed by atoms with E-state index in [0.717, 1.165) is 0 Å². The molecule has 0 saturated heterocycles. The van der Waals surface area contributed by atoms with E-state index in [4.69, 9.17) is 18.0 Å². The maximum atomic E-state index is 13.2. The van der Waals surface area contributed by atoms with Crippen LogP contribution < -0.4 is 5.73 Å². The molecule has 0 saturated carbocycles. The molecule has 1 rings (SSSR count). The van der Waals surface area contributed by atoms with Crippen LogP contribution in [0.2, 0.25) is 0 Å². The molecule has 1 aromatic rings. The zero-order valence-electron chi connectivity index (χ0n) is 9.95. The van der Waals surface area contributed by atoms with E-state index in [1.807, 2.05) is 6.92 Å². The molecule has 1 aromatic carbocycles. The highest BCUT2D eigenvalue weighted by Gasteiger charge is 2.17. The molecule has 0 atom stereocenters. The number of halogens is 2. The summed E-state index contributed by atoms with van der Waals surface area (Å²) in [6.07, 6.45) is 0.460. The molecule has 0 aliphatic heterocycles. The molecular weight excluding hydrogens is 319 g/mol. The van der Waals surface area contributed by atoms with Crippen LogP contribution in [-0.2, 0) is 0 Å². The molecule has 6 heteroatoms. The van der Waals surface area contributed by atoms with Crippen molar-refractivity contribution < 1.29 is 9.18 Å². The molecule has 0 bridgehead atoms. The molecular formula is C12H14BrFN2OS. The maximum Gasteiger partial charge on any atom is 0.255 e. The second-order valence-electron chi connectivity index (χ2n) is 3.73. The third kappa shape index (κ3) is 4.03. The Hall–Kier alpha value is -1.01. The van der Waals surface area contributed by atoms with Gasteiger partial charge < -0.3 is 10.6 Å². The van der Waals surface area contributed by atoms with E-state index in [9.17, 15) is 9.18 Å². The molecule has 0 radical (unpaired) electrons. The standard InChI is InChI=1S/C12H14BrFN2OS/c1-2-16(6-5-11(15)18)12(17)9-7-8(14)3-4-10(9)13/h3-4,7H,2,5-6H2,1H3,(H2,15,18). The van der Waals surface area contributed by atoms with Gasteiger partial charge >= 0.3 is 0 Å². The van der Waals surface area contributed by atoms with Crippen molar-refractivity contribution in [3.63, 3.8) is 0 Å². The van der Waals surface area contributed by atoms with E-state index in [-0.39, 0.29) is 5.91 Å². The average Bonchev–Trinajstić information content (AvgIpc) is 2.32. The summed E-state index contributed by atoms with van der Waals surface area (Å²) in [7, 11) is 0. The summed E-state index contributed by atoms with van der Waals surface area (Å²) in [6.45, 7) is 2.81. The lowest BCUT2D eigenvalue weighted by Crippen LogP contribution is -2.33. The predicted octanol–water partition coefficient (Wildman–Crippen LogP) is 2.73. The molecule has 18 heavy (non-hydrogen) atoms. The molecule has 0 spiro atoms. The van der Waals surface area contributed by atoms with Gasteiger partial charge in [-0.2, -0.15) is 0 Å². The lowest BCUT2D eigenvalue weighted by atomic mass is 10.2. The number of hydrogen-bond acceptors (Lipinski definition) is 2. The molecule has 98 valence electrons. The number of carbonyl (C=O) groups excluding carboxylic acids is 1. The highest BCUT2D eigenvalue weighted by molar-refractivity contribution is 9.10. The summed E-state index contributed by atoms with van der Waals surface area (Å²) in [4.78, 5) is 14.1. The second kappa shape index (κ2) is 6.80. The van der Waals surface area contributed by atoms with Crippen LogP contribution >= 0.6 is 28.1 Å². The molecule has 0 heterocycles. The monoisotopic (exact) mass is 332 g/mol. The number of nitrogens with two attached hydrogens (primary N) is 1.